The van der Waals surface area contributed by atoms with E-state index in [4.69, 9.17) is 4.74 Å². The second-order valence-electron chi connectivity index (χ2n) is 3.29. The lowest BCUT2D eigenvalue weighted by Crippen LogP contribution is -1.94. The Bertz CT molecular complexity index is 453. The van der Waals surface area contributed by atoms with Gasteiger partial charge in [0.2, 0.25) is 0 Å². The minimum absolute atomic E-state index is 0.838. The smallest absolute Gasteiger partial charge is 0.119 e. The summed E-state index contributed by atoms with van der Waals surface area (Å²) >= 11 is 3.38. The maximum atomic E-state index is 5.10. The highest BCUT2D eigenvalue weighted by Crippen LogP contribution is 2.14. The Kier molecular flexibility index (Phi) is 3.56. The van der Waals surface area contributed by atoms with Gasteiger partial charge in [0.15, 0.2) is 0 Å². The fraction of sp³-hybridized carbons (Fsp3) is 0.273. The second kappa shape index (κ2) is 5.12. The first-order valence-corrected chi connectivity index (χ1v) is 6.07. The number of methoxy groups -OCH3 is 1. The van der Waals surface area contributed by atoms with E-state index in [-0.39, 0.29) is 0 Å². The van der Waals surface area contributed by atoms with E-state index in [1.807, 2.05) is 30.5 Å². The SMILES string of the molecule is COc1ccc(-n2cc(CCBr)nn2)cc1. The molecule has 2 rings (SSSR count). The molecule has 0 saturated heterocycles. The maximum Gasteiger partial charge on any atom is 0.119 e. The van der Waals surface area contributed by atoms with Gasteiger partial charge in [-0.25, -0.2) is 4.68 Å². The molecule has 1 heterocycles. The Balaban J connectivity index is 2.21. The summed E-state index contributed by atoms with van der Waals surface area (Å²) in [6.45, 7) is 0. The standard InChI is InChI=1S/C11H12BrN3O/c1-16-11-4-2-10(3-5-11)15-8-9(6-7-12)13-14-15/h2-5,8H,6-7H2,1H3. The number of nitrogens with zero attached hydrogens (tertiary/aromatic N) is 3. The van der Waals surface area contributed by atoms with Crippen LogP contribution in [0.5, 0.6) is 5.75 Å². The monoisotopic (exact) mass is 281 g/mol. The van der Waals surface area contributed by atoms with Crippen molar-refractivity contribution in [3.05, 3.63) is 36.2 Å². The molecule has 4 nitrogen and oxygen atoms in total. The van der Waals surface area contributed by atoms with Gasteiger partial charge in [-0.3, -0.25) is 0 Å². The van der Waals surface area contributed by atoms with E-state index >= 15 is 0 Å². The number of ether oxygens (including phenoxy) is 1. The third-order valence-corrected chi connectivity index (χ3v) is 2.62. The van der Waals surface area contributed by atoms with Gasteiger partial charge in [-0.2, -0.15) is 0 Å². The van der Waals surface area contributed by atoms with Crippen molar-refractivity contribution in [3.63, 3.8) is 0 Å². The molecule has 5 heteroatoms. The minimum Gasteiger partial charge on any atom is -0.497 e. The van der Waals surface area contributed by atoms with Crippen LogP contribution in [0.15, 0.2) is 30.5 Å². The van der Waals surface area contributed by atoms with Crippen LogP contribution in [0.3, 0.4) is 0 Å². The lowest BCUT2D eigenvalue weighted by molar-refractivity contribution is 0.414. The summed E-state index contributed by atoms with van der Waals surface area (Å²) in [6, 6.07) is 7.71. The fourth-order valence-corrected chi connectivity index (χ4v) is 1.78. The van der Waals surface area contributed by atoms with Gasteiger partial charge in [-0.15, -0.1) is 5.10 Å². The van der Waals surface area contributed by atoms with Crippen molar-refractivity contribution in [1.82, 2.24) is 15.0 Å². The van der Waals surface area contributed by atoms with Crippen molar-refractivity contribution in [3.8, 4) is 11.4 Å². The first-order chi connectivity index (χ1) is 7.83. The Hall–Kier alpha value is -1.36. The van der Waals surface area contributed by atoms with Crippen molar-refractivity contribution >= 4 is 15.9 Å². The first kappa shape index (κ1) is 11.1. The third-order valence-electron chi connectivity index (χ3n) is 2.23. The largest absolute Gasteiger partial charge is 0.497 e. The molecule has 0 spiro atoms. The summed E-state index contributed by atoms with van der Waals surface area (Å²) in [5.41, 5.74) is 1.96. The van der Waals surface area contributed by atoms with Crippen LogP contribution in [0.1, 0.15) is 5.69 Å². The predicted octanol–water partition coefficient (Wildman–Crippen LogP) is 2.21. The van der Waals surface area contributed by atoms with Gasteiger partial charge in [0, 0.05) is 11.8 Å². The molecule has 16 heavy (non-hydrogen) atoms. The fourth-order valence-electron chi connectivity index (χ4n) is 1.37. The molecule has 0 amide bonds. The Morgan fingerprint density at radius 1 is 1.31 bits per heavy atom. The molecule has 2 aromatic rings. The van der Waals surface area contributed by atoms with Crippen LogP contribution in [0.4, 0.5) is 0 Å². The normalized spacial score (nSPS) is 10.4. The zero-order valence-corrected chi connectivity index (χ0v) is 10.5. The lowest BCUT2D eigenvalue weighted by atomic mass is 10.3. The highest BCUT2D eigenvalue weighted by atomic mass is 79.9. The van der Waals surface area contributed by atoms with Crippen LogP contribution >= 0.6 is 15.9 Å². The van der Waals surface area contributed by atoms with E-state index < -0.39 is 0 Å². The van der Waals surface area contributed by atoms with E-state index in [1.165, 1.54) is 0 Å². The minimum atomic E-state index is 0.838. The number of halogens is 1. The average Bonchev–Trinajstić information content (AvgIpc) is 2.78. The molecule has 0 N–H and O–H groups in total. The topological polar surface area (TPSA) is 39.9 Å². The molecule has 0 bridgehead atoms. The molecule has 84 valence electrons. The van der Waals surface area contributed by atoms with Gasteiger partial charge in [0.25, 0.3) is 0 Å². The van der Waals surface area contributed by atoms with Gasteiger partial charge in [0.05, 0.1) is 24.7 Å². The molecule has 0 aliphatic carbocycles. The highest BCUT2D eigenvalue weighted by molar-refractivity contribution is 9.09. The number of rotatable bonds is 4. The molecule has 1 aromatic carbocycles. The summed E-state index contributed by atoms with van der Waals surface area (Å²) in [6.07, 6.45) is 2.82. The summed E-state index contributed by atoms with van der Waals surface area (Å²) in [7, 11) is 1.65. The number of aromatic nitrogens is 3. The molecule has 0 unspecified atom stereocenters. The van der Waals surface area contributed by atoms with E-state index in [2.05, 4.69) is 26.2 Å². The summed E-state index contributed by atoms with van der Waals surface area (Å²) < 4.78 is 6.86. The lowest BCUT2D eigenvalue weighted by Gasteiger charge is -2.01. The van der Waals surface area contributed by atoms with E-state index in [0.717, 1.165) is 28.9 Å². The summed E-state index contributed by atoms with van der Waals surface area (Å²) in [5, 5.41) is 9.04. The quantitative estimate of drug-likeness (QED) is 0.807. The number of hydrogen-bond donors (Lipinski definition) is 0. The highest BCUT2D eigenvalue weighted by Gasteiger charge is 2.02. The number of hydrogen-bond acceptors (Lipinski definition) is 3. The maximum absolute atomic E-state index is 5.10. The van der Waals surface area contributed by atoms with Crippen LogP contribution in [0.2, 0.25) is 0 Å². The molecule has 0 radical (unpaired) electrons. The van der Waals surface area contributed by atoms with Crippen molar-refractivity contribution in [2.24, 2.45) is 0 Å². The zero-order valence-electron chi connectivity index (χ0n) is 8.93. The molecule has 0 aliphatic rings. The van der Waals surface area contributed by atoms with Crippen LogP contribution in [-0.2, 0) is 6.42 Å². The molecule has 0 aliphatic heterocycles. The van der Waals surface area contributed by atoms with Crippen LogP contribution in [-0.4, -0.2) is 27.4 Å². The van der Waals surface area contributed by atoms with Crippen LogP contribution in [0.25, 0.3) is 5.69 Å². The first-order valence-electron chi connectivity index (χ1n) is 4.95. The van der Waals surface area contributed by atoms with Crippen molar-refractivity contribution in [2.75, 3.05) is 12.4 Å². The predicted molar refractivity (Wildman–Crippen MR) is 65.4 cm³/mol. The number of benzene rings is 1. The summed E-state index contributed by atoms with van der Waals surface area (Å²) in [4.78, 5) is 0. The van der Waals surface area contributed by atoms with Gasteiger partial charge < -0.3 is 4.74 Å². The van der Waals surface area contributed by atoms with Gasteiger partial charge in [0.1, 0.15) is 5.75 Å². The van der Waals surface area contributed by atoms with E-state index in [9.17, 15) is 0 Å². The Morgan fingerprint density at radius 2 is 2.06 bits per heavy atom. The second-order valence-corrected chi connectivity index (χ2v) is 4.08. The van der Waals surface area contributed by atoms with Gasteiger partial charge >= 0.3 is 0 Å². The average molecular weight is 282 g/mol. The third kappa shape index (κ3) is 2.41. The zero-order chi connectivity index (χ0) is 11.4. The molecular weight excluding hydrogens is 270 g/mol. The van der Waals surface area contributed by atoms with E-state index in [1.54, 1.807) is 11.8 Å². The Morgan fingerprint density at radius 3 is 2.69 bits per heavy atom. The van der Waals surface area contributed by atoms with Gasteiger partial charge in [-0.1, -0.05) is 21.1 Å². The molecule has 0 fully saturated rings. The van der Waals surface area contributed by atoms with Crippen molar-refractivity contribution in [2.45, 2.75) is 6.42 Å². The number of aryl methyl sites for hydroxylation is 1. The number of alkyl halides is 1. The molecular formula is C11H12BrN3O. The summed E-state index contributed by atoms with van der Waals surface area (Å²) in [5.74, 6) is 0.838. The van der Waals surface area contributed by atoms with Crippen molar-refractivity contribution < 1.29 is 4.74 Å². The van der Waals surface area contributed by atoms with Crippen LogP contribution < -0.4 is 4.74 Å². The molecule has 0 atom stereocenters. The van der Waals surface area contributed by atoms with Crippen LogP contribution in [0, 0.1) is 0 Å². The van der Waals surface area contributed by atoms with E-state index in [0.29, 0.717) is 0 Å². The Labute approximate surface area is 102 Å². The van der Waals surface area contributed by atoms with Crippen molar-refractivity contribution in [1.29, 1.82) is 0 Å². The molecule has 1 aromatic heterocycles. The molecule has 0 saturated carbocycles. The van der Waals surface area contributed by atoms with Gasteiger partial charge in [-0.05, 0) is 24.3 Å².